The first-order chi connectivity index (χ1) is 47.6. The number of phenolic OH excluding ortho intramolecular Hbond substituents is 6. The van der Waals surface area contributed by atoms with Gasteiger partial charge in [0.25, 0.3) is 60.7 Å². The van der Waals surface area contributed by atoms with E-state index < -0.39 is 60.7 Å². The molecule has 0 aromatic heterocycles. The quantitative estimate of drug-likeness (QED) is 0.0307. The molecule has 47 heteroatoms. The molecule has 12 rings (SSSR count). The summed E-state index contributed by atoms with van der Waals surface area (Å²) in [4.78, 5) is 61.6. The maximum absolute atomic E-state index is 10.9. The second-order valence-electron chi connectivity index (χ2n) is 20.3. The normalized spacial score (nSPS) is 11.0. The Morgan fingerprint density at radius 1 is 0.196 bits per heavy atom. The Balaban J connectivity index is 0.000000432. The van der Waals surface area contributed by atoms with Gasteiger partial charge in [-0.2, -0.15) is 50.5 Å². The van der Waals surface area contributed by atoms with Crippen LogP contribution in [0.15, 0.2) is 242 Å². The Hall–Kier alpha value is -6.19. The van der Waals surface area contributed by atoms with Gasteiger partial charge in [-0.25, -0.2) is 0 Å². The van der Waals surface area contributed by atoms with Gasteiger partial charge in [-0.15, -0.1) is 29.4 Å². The van der Waals surface area contributed by atoms with Crippen LogP contribution in [0.2, 0.25) is 0 Å². The average molecular weight is 2040 g/mol. The van der Waals surface area contributed by atoms with E-state index >= 15 is 0 Å². The number of aromatic hydroxyl groups is 6. The molecule has 0 heterocycles. The Bertz CT molecular complexity index is 5250. The maximum atomic E-state index is 10.9. The van der Waals surface area contributed by atoms with Crippen molar-refractivity contribution >= 4 is 306 Å². The number of hydrogen-bond donors (Lipinski definition) is 12. The number of nitrogens with zero attached hydrogens (tertiary/aromatic N) is 6. The van der Waals surface area contributed by atoms with Crippen molar-refractivity contribution in [1.29, 1.82) is 0 Å². The fraction of sp³-hybridized carbons (Fsp3) is 0. The second-order valence-corrected chi connectivity index (χ2v) is 28.8. The smallest absolute Gasteiger partial charge is 0.506 e. The molecule has 0 amide bonds. The van der Waals surface area contributed by atoms with E-state index in [0.717, 1.165) is 36.4 Å². The van der Waals surface area contributed by atoms with Crippen molar-refractivity contribution in [2.75, 3.05) is 0 Å². The molecule has 107 heavy (non-hydrogen) atoms. The van der Waals surface area contributed by atoms with Crippen LogP contribution in [0.25, 0.3) is 64.6 Å². The van der Waals surface area contributed by atoms with Crippen LogP contribution < -0.4 is 0 Å². The molecule has 0 fully saturated rings. The van der Waals surface area contributed by atoms with Gasteiger partial charge in [0.2, 0.25) is 0 Å². The molecule has 36 nitrogen and oxygen atoms in total. The van der Waals surface area contributed by atoms with E-state index in [1.165, 1.54) is 146 Å². The van der Waals surface area contributed by atoms with Gasteiger partial charge in [0.15, 0.2) is 34.1 Å². The summed E-state index contributed by atoms with van der Waals surface area (Å²) in [5.41, 5.74) is -0.976. The molecule has 544 valence electrons. The van der Waals surface area contributed by atoms with E-state index in [-0.39, 0.29) is 279 Å². The molecule has 0 unspecified atom stereocenters. The summed E-state index contributed by atoms with van der Waals surface area (Å²) in [6.45, 7) is 0. The molecule has 0 aliphatic rings. The van der Waals surface area contributed by atoms with Crippen LogP contribution in [0.1, 0.15) is 0 Å². The minimum absolute atomic E-state index is 0. The molecule has 0 saturated heterocycles. The standard InChI is InChI=1S/6C10H7NO5S.3Ba.2Fe/c6*12-9-4-1-6-5-7(17(14,15)16)2-3-8(6)10(9)11-13;;;;;/h6*1-5,12H,(H,14,15,16);;;;;/q;;;;;;3*+2;;. The van der Waals surface area contributed by atoms with Crippen molar-refractivity contribution in [2.24, 2.45) is 31.1 Å². The van der Waals surface area contributed by atoms with Gasteiger partial charge in [-0.05, 0) is 173 Å². The molecule has 12 N–H and O–H groups in total. The average Bonchev–Trinajstić information content (AvgIpc) is 0.828. The molecule has 0 aliphatic carbocycles. The minimum atomic E-state index is -4.30. The van der Waals surface area contributed by atoms with Gasteiger partial charge >= 0.3 is 147 Å². The molecule has 0 saturated carbocycles. The SMILES string of the molecule is O=Nc1c(O)ccc2cc(S(=O)(=O)O)ccc12.O=Nc1c(O)ccc2cc(S(=O)(=O)O)ccc12.O=Nc1c(O)ccc2cc(S(=O)(=O)O)ccc12.O=Nc1c(O)ccc2cc(S(=O)(=O)O)ccc12.O=Nc1c(O)ccc2cc(S(=O)(=O)O)ccc12.O=Nc1c(O)ccc2cc(S(=O)(=O)O)ccc12.[Ba+2].[Ba+2].[Ba+2].[Fe].[Fe]. The Labute approximate surface area is 743 Å². The van der Waals surface area contributed by atoms with Crippen LogP contribution >= 0.6 is 0 Å². The third-order valence-electron chi connectivity index (χ3n) is 14.0. The number of nitroso groups, excluding NO2 is 6. The first-order valence-electron chi connectivity index (χ1n) is 27.0. The third-order valence-corrected chi connectivity index (χ3v) is 19.1. The van der Waals surface area contributed by atoms with E-state index in [1.807, 2.05) is 0 Å². The predicted molar refractivity (Wildman–Crippen MR) is 383 cm³/mol. The summed E-state index contributed by atoms with van der Waals surface area (Å²) in [6.07, 6.45) is 0. The van der Waals surface area contributed by atoms with E-state index in [2.05, 4.69) is 31.1 Å². The predicted octanol–water partition coefficient (Wildman–Crippen LogP) is 12.0. The fourth-order valence-corrected chi connectivity index (χ4v) is 12.3. The van der Waals surface area contributed by atoms with E-state index in [0.29, 0.717) is 64.6 Å². The number of rotatable bonds is 12. The van der Waals surface area contributed by atoms with Crippen molar-refractivity contribution < 1.29 is 143 Å². The molecule has 0 aliphatic heterocycles. The number of benzene rings is 12. The topological polar surface area (TPSA) is 624 Å². The summed E-state index contributed by atoms with van der Waals surface area (Å²) in [6, 6.07) is 37.7. The second kappa shape index (κ2) is 40.1. The van der Waals surface area contributed by atoms with Crippen molar-refractivity contribution in [3.63, 3.8) is 0 Å². The molecule has 0 atom stereocenters. The number of hydrogen-bond acceptors (Lipinski definition) is 30. The number of phenols is 6. The molecular formula is C60H42Ba3Fe2N6O30S6+6. The van der Waals surface area contributed by atoms with E-state index in [4.69, 9.17) is 27.3 Å². The van der Waals surface area contributed by atoms with Gasteiger partial charge in [-0.1, -0.05) is 72.8 Å². The van der Waals surface area contributed by atoms with E-state index in [1.54, 1.807) is 0 Å². The van der Waals surface area contributed by atoms with Crippen LogP contribution in [-0.2, 0) is 94.8 Å². The monoisotopic (exact) mass is 2040 g/mol. The summed E-state index contributed by atoms with van der Waals surface area (Å²) in [5, 5.41) is 76.5. The van der Waals surface area contributed by atoms with E-state index in [9.17, 15) is 111 Å². The fourth-order valence-electron chi connectivity index (χ4n) is 9.22. The third kappa shape index (κ3) is 24.4. The summed E-state index contributed by atoms with van der Waals surface area (Å²) >= 11 is 0. The van der Waals surface area contributed by atoms with Gasteiger partial charge in [-0.3, -0.25) is 27.3 Å². The van der Waals surface area contributed by atoms with Crippen molar-refractivity contribution in [1.82, 2.24) is 0 Å². The molecule has 12 aromatic carbocycles. The number of fused-ring (bicyclic) bond motifs is 6. The zero-order chi connectivity index (χ0) is 75.8. The van der Waals surface area contributed by atoms with Gasteiger partial charge in [0.05, 0.1) is 29.4 Å². The Morgan fingerprint density at radius 2 is 0.308 bits per heavy atom. The first-order valence-corrected chi connectivity index (χ1v) is 35.6. The minimum Gasteiger partial charge on any atom is -0.506 e. The Morgan fingerprint density at radius 3 is 0.402 bits per heavy atom. The van der Waals surface area contributed by atoms with Crippen molar-refractivity contribution in [3.05, 3.63) is 211 Å². The zero-order valence-electron chi connectivity index (χ0n) is 53.0. The van der Waals surface area contributed by atoms with Crippen molar-refractivity contribution in [2.45, 2.75) is 29.4 Å². The molecule has 12 aromatic rings. The zero-order valence-corrected chi connectivity index (χ0v) is 73.4. The van der Waals surface area contributed by atoms with Gasteiger partial charge in [0.1, 0.15) is 34.5 Å². The molecule has 0 bridgehead atoms. The van der Waals surface area contributed by atoms with Crippen LogP contribution in [0.5, 0.6) is 34.5 Å². The van der Waals surface area contributed by atoms with Crippen LogP contribution in [0, 0.1) is 29.4 Å². The van der Waals surface area contributed by atoms with Gasteiger partial charge in [0, 0.05) is 66.5 Å². The summed E-state index contributed by atoms with van der Waals surface area (Å²) in [5.74, 6) is -1.71. The first kappa shape index (κ1) is 96.9. The van der Waals surface area contributed by atoms with Crippen LogP contribution in [-0.4, -0.2) is 255 Å². The maximum Gasteiger partial charge on any atom is 2.00 e. The van der Waals surface area contributed by atoms with Crippen molar-refractivity contribution in [3.8, 4) is 34.5 Å². The van der Waals surface area contributed by atoms with Crippen LogP contribution in [0.3, 0.4) is 0 Å². The summed E-state index contributed by atoms with van der Waals surface area (Å²) in [7, 11) is -25.8. The largest absolute Gasteiger partial charge is 2.00 e. The summed E-state index contributed by atoms with van der Waals surface area (Å²) < 4.78 is 184. The van der Waals surface area contributed by atoms with Crippen LogP contribution in [0.4, 0.5) is 34.1 Å². The molecule has 0 radical (unpaired) electrons. The Kier molecular flexibility index (Phi) is 36.4. The molecular weight excluding hydrogens is 2000 g/mol. The van der Waals surface area contributed by atoms with Gasteiger partial charge < -0.3 is 30.6 Å². The molecule has 0 spiro atoms.